The minimum Gasteiger partial charge on any atom is -0.395 e. The number of hydrogen-bond donors (Lipinski definition) is 1. The van der Waals surface area contributed by atoms with Gasteiger partial charge in [0.25, 0.3) is 0 Å². The number of sulfonamides is 1. The molecular formula is C10H12Cl3NO3S. The molecule has 0 bridgehead atoms. The molecule has 0 aliphatic heterocycles. The van der Waals surface area contributed by atoms with E-state index in [2.05, 4.69) is 0 Å². The number of benzene rings is 1. The first-order valence-electron chi connectivity index (χ1n) is 5.10. The van der Waals surface area contributed by atoms with Gasteiger partial charge >= 0.3 is 0 Å². The Bertz CT molecular complexity index is 510. The van der Waals surface area contributed by atoms with Crippen molar-refractivity contribution in [2.75, 3.05) is 19.7 Å². The first-order valence-corrected chi connectivity index (χ1v) is 7.67. The zero-order valence-corrected chi connectivity index (χ0v) is 12.6. The molecule has 8 heteroatoms. The number of halogens is 3. The van der Waals surface area contributed by atoms with Crippen LogP contribution in [-0.4, -0.2) is 37.5 Å². The molecule has 0 atom stereocenters. The van der Waals surface area contributed by atoms with Crippen LogP contribution in [0.25, 0.3) is 0 Å². The molecule has 4 nitrogen and oxygen atoms in total. The lowest BCUT2D eigenvalue weighted by Gasteiger charge is -2.20. The van der Waals surface area contributed by atoms with E-state index in [0.717, 1.165) is 4.31 Å². The minimum absolute atomic E-state index is 0.0197. The van der Waals surface area contributed by atoms with Gasteiger partial charge in [0.2, 0.25) is 10.0 Å². The van der Waals surface area contributed by atoms with Gasteiger partial charge in [0.15, 0.2) is 0 Å². The number of aliphatic hydroxyl groups excluding tert-OH is 1. The van der Waals surface area contributed by atoms with Crippen LogP contribution in [0.2, 0.25) is 15.1 Å². The van der Waals surface area contributed by atoms with Crippen LogP contribution in [0.15, 0.2) is 17.0 Å². The number of likely N-dealkylation sites (N-methyl/N-ethyl adjacent to an activating group) is 1. The molecule has 102 valence electrons. The molecular weight excluding hydrogens is 321 g/mol. The van der Waals surface area contributed by atoms with Crippen molar-refractivity contribution in [2.45, 2.75) is 11.8 Å². The summed E-state index contributed by atoms with van der Waals surface area (Å²) in [6, 6.07) is 2.63. The largest absolute Gasteiger partial charge is 0.395 e. The van der Waals surface area contributed by atoms with E-state index in [9.17, 15) is 8.42 Å². The Morgan fingerprint density at radius 3 is 2.11 bits per heavy atom. The van der Waals surface area contributed by atoms with Crippen molar-refractivity contribution in [2.24, 2.45) is 0 Å². The summed E-state index contributed by atoms with van der Waals surface area (Å²) in [6.07, 6.45) is 0. The second-order valence-corrected chi connectivity index (χ2v) is 6.54. The van der Waals surface area contributed by atoms with Gasteiger partial charge in [-0.05, 0) is 12.1 Å². The Hall–Kier alpha value is -0.0400. The second-order valence-electron chi connectivity index (χ2n) is 3.42. The lowest BCUT2D eigenvalue weighted by molar-refractivity contribution is 0.257. The lowest BCUT2D eigenvalue weighted by Crippen LogP contribution is -2.33. The van der Waals surface area contributed by atoms with Crippen LogP contribution < -0.4 is 0 Å². The van der Waals surface area contributed by atoms with Crippen molar-refractivity contribution in [3.63, 3.8) is 0 Å². The summed E-state index contributed by atoms with van der Waals surface area (Å²) in [5.74, 6) is 0. The fraction of sp³-hybridized carbons (Fsp3) is 0.400. The molecule has 0 saturated heterocycles. The van der Waals surface area contributed by atoms with E-state index in [4.69, 9.17) is 39.9 Å². The molecule has 0 aromatic heterocycles. The average Bonchev–Trinajstić information content (AvgIpc) is 2.23. The number of hydrogen-bond acceptors (Lipinski definition) is 3. The van der Waals surface area contributed by atoms with E-state index in [1.54, 1.807) is 6.92 Å². The summed E-state index contributed by atoms with van der Waals surface area (Å²) in [5.41, 5.74) is 0. The molecule has 0 amide bonds. The van der Waals surface area contributed by atoms with Crippen LogP contribution in [0.1, 0.15) is 6.92 Å². The van der Waals surface area contributed by atoms with Crippen molar-refractivity contribution >= 4 is 44.8 Å². The molecule has 0 aliphatic rings. The Morgan fingerprint density at radius 1 is 1.22 bits per heavy atom. The molecule has 0 aliphatic carbocycles. The van der Waals surface area contributed by atoms with Gasteiger partial charge in [0.05, 0.1) is 16.7 Å². The molecule has 0 heterocycles. The van der Waals surface area contributed by atoms with Gasteiger partial charge in [-0.2, -0.15) is 4.31 Å². The van der Waals surface area contributed by atoms with Gasteiger partial charge < -0.3 is 5.11 Å². The molecule has 0 saturated carbocycles. The normalized spacial score (nSPS) is 12.1. The van der Waals surface area contributed by atoms with Crippen LogP contribution in [0.4, 0.5) is 0 Å². The molecule has 1 aromatic carbocycles. The number of nitrogens with zero attached hydrogens (tertiary/aromatic N) is 1. The van der Waals surface area contributed by atoms with E-state index in [0.29, 0.717) is 0 Å². The molecule has 1 rings (SSSR count). The Balaban J connectivity index is 3.36. The fourth-order valence-corrected chi connectivity index (χ4v) is 4.40. The third-order valence-electron chi connectivity index (χ3n) is 2.26. The minimum atomic E-state index is -3.84. The van der Waals surface area contributed by atoms with Crippen LogP contribution in [-0.2, 0) is 10.0 Å². The summed E-state index contributed by atoms with van der Waals surface area (Å²) in [4.78, 5) is -0.189. The Morgan fingerprint density at radius 2 is 1.72 bits per heavy atom. The lowest BCUT2D eigenvalue weighted by atomic mass is 10.4. The van der Waals surface area contributed by atoms with E-state index in [-0.39, 0.29) is 39.7 Å². The van der Waals surface area contributed by atoms with Gasteiger partial charge in [-0.15, -0.1) is 0 Å². The highest BCUT2D eigenvalue weighted by atomic mass is 35.5. The van der Waals surface area contributed by atoms with E-state index in [1.165, 1.54) is 12.1 Å². The highest BCUT2D eigenvalue weighted by Crippen LogP contribution is 2.34. The van der Waals surface area contributed by atoms with Gasteiger partial charge in [0, 0.05) is 18.1 Å². The molecule has 0 radical (unpaired) electrons. The predicted molar refractivity (Wildman–Crippen MR) is 73.0 cm³/mol. The molecule has 0 fully saturated rings. The summed E-state index contributed by atoms with van der Waals surface area (Å²) in [6.45, 7) is 1.56. The molecule has 0 unspecified atom stereocenters. The van der Waals surface area contributed by atoms with Crippen LogP contribution in [0.3, 0.4) is 0 Å². The maximum absolute atomic E-state index is 12.3. The second kappa shape index (κ2) is 6.41. The van der Waals surface area contributed by atoms with Crippen LogP contribution >= 0.6 is 34.8 Å². The summed E-state index contributed by atoms with van der Waals surface area (Å²) in [5, 5.41) is 9.05. The standard InChI is InChI=1S/C10H12Cl3NO3S/c1-2-14(3-4-15)18(16,17)10-8(12)5-7(11)6-9(10)13/h5-6,15H,2-4H2,1H3. The van der Waals surface area contributed by atoms with Crippen molar-refractivity contribution in [3.8, 4) is 0 Å². The number of aliphatic hydroxyl groups is 1. The van der Waals surface area contributed by atoms with E-state index < -0.39 is 10.0 Å². The maximum Gasteiger partial charge on any atom is 0.246 e. The van der Waals surface area contributed by atoms with E-state index in [1.807, 2.05) is 0 Å². The van der Waals surface area contributed by atoms with Crippen molar-refractivity contribution in [1.82, 2.24) is 4.31 Å². The maximum atomic E-state index is 12.3. The zero-order valence-electron chi connectivity index (χ0n) is 9.53. The SMILES string of the molecule is CCN(CCO)S(=O)(=O)c1c(Cl)cc(Cl)cc1Cl. The van der Waals surface area contributed by atoms with Crippen molar-refractivity contribution in [3.05, 3.63) is 27.2 Å². The zero-order chi connectivity index (χ0) is 13.9. The summed E-state index contributed by atoms with van der Waals surface area (Å²) >= 11 is 17.5. The van der Waals surface area contributed by atoms with Gasteiger partial charge in [-0.25, -0.2) is 8.42 Å². The summed E-state index contributed by atoms with van der Waals surface area (Å²) in [7, 11) is -3.84. The Labute approximate surface area is 121 Å². The predicted octanol–water partition coefficient (Wildman–Crippen LogP) is 2.65. The Kier molecular flexibility index (Phi) is 5.70. The quantitative estimate of drug-likeness (QED) is 0.902. The molecule has 0 spiro atoms. The van der Waals surface area contributed by atoms with Crippen LogP contribution in [0, 0.1) is 0 Å². The average molecular weight is 333 g/mol. The topological polar surface area (TPSA) is 57.6 Å². The third-order valence-corrected chi connectivity index (χ3v) is 5.38. The first-order chi connectivity index (χ1) is 8.34. The first kappa shape index (κ1) is 16.0. The van der Waals surface area contributed by atoms with Crippen molar-refractivity contribution in [1.29, 1.82) is 0 Å². The van der Waals surface area contributed by atoms with E-state index >= 15 is 0 Å². The third kappa shape index (κ3) is 3.29. The number of rotatable bonds is 5. The molecule has 1 N–H and O–H groups in total. The van der Waals surface area contributed by atoms with Gasteiger partial charge in [0.1, 0.15) is 4.90 Å². The monoisotopic (exact) mass is 331 g/mol. The molecule has 18 heavy (non-hydrogen) atoms. The van der Waals surface area contributed by atoms with Crippen molar-refractivity contribution < 1.29 is 13.5 Å². The van der Waals surface area contributed by atoms with Crippen LogP contribution in [0.5, 0.6) is 0 Å². The highest BCUT2D eigenvalue weighted by Gasteiger charge is 2.28. The fourth-order valence-electron chi connectivity index (χ4n) is 1.46. The highest BCUT2D eigenvalue weighted by molar-refractivity contribution is 7.89. The smallest absolute Gasteiger partial charge is 0.246 e. The van der Waals surface area contributed by atoms with Gasteiger partial charge in [-0.1, -0.05) is 41.7 Å². The van der Waals surface area contributed by atoms with Gasteiger partial charge in [-0.3, -0.25) is 0 Å². The molecule has 1 aromatic rings. The summed E-state index contributed by atoms with van der Waals surface area (Å²) < 4.78 is 25.7.